The number of piperidine rings is 1. The van der Waals surface area contributed by atoms with Crippen LogP contribution in [0.3, 0.4) is 0 Å². The summed E-state index contributed by atoms with van der Waals surface area (Å²) in [6.07, 6.45) is -2.34. The molecule has 4 nitrogen and oxygen atoms in total. The molecule has 0 spiro atoms. The van der Waals surface area contributed by atoms with Crippen molar-refractivity contribution < 1.29 is 26.0 Å². The Labute approximate surface area is 132 Å². The van der Waals surface area contributed by atoms with Crippen LogP contribution in [0, 0.1) is 11.7 Å². The number of sulfonamides is 1. The van der Waals surface area contributed by atoms with Gasteiger partial charge in [-0.05, 0) is 56.5 Å². The van der Waals surface area contributed by atoms with Gasteiger partial charge in [0, 0.05) is 6.54 Å². The molecular formula is C14H18F4N2O2S. The zero-order chi connectivity index (χ0) is 17.1. The molecule has 9 heteroatoms. The van der Waals surface area contributed by atoms with Gasteiger partial charge in [-0.2, -0.15) is 13.2 Å². The van der Waals surface area contributed by atoms with Gasteiger partial charge in [0.25, 0.3) is 0 Å². The summed E-state index contributed by atoms with van der Waals surface area (Å²) in [6, 6.07) is 1.66. The largest absolute Gasteiger partial charge is 0.419 e. The molecule has 1 aliphatic heterocycles. The predicted octanol–water partition coefficient (Wildman–Crippen LogP) is 2.51. The minimum atomic E-state index is -4.94. The normalized spacial score (nSPS) is 19.7. The molecular weight excluding hydrogens is 336 g/mol. The molecule has 130 valence electrons. The maximum atomic E-state index is 13.2. The first-order valence-corrected chi connectivity index (χ1v) is 8.75. The number of benzene rings is 1. The summed E-state index contributed by atoms with van der Waals surface area (Å²) in [5, 5.41) is 3.20. The molecule has 0 bridgehead atoms. The third-order valence-corrected chi connectivity index (χ3v) is 5.26. The summed E-state index contributed by atoms with van der Waals surface area (Å²) < 4.78 is 77.5. The first-order chi connectivity index (χ1) is 10.7. The molecule has 23 heavy (non-hydrogen) atoms. The van der Waals surface area contributed by atoms with E-state index in [-0.39, 0.29) is 6.54 Å². The molecule has 0 aliphatic carbocycles. The highest BCUT2D eigenvalue weighted by Crippen LogP contribution is 2.32. The molecule has 0 aromatic heterocycles. The van der Waals surface area contributed by atoms with E-state index in [0.29, 0.717) is 24.5 Å². The molecule has 1 aliphatic rings. The molecule has 0 saturated carbocycles. The minimum Gasteiger partial charge on any atom is -0.316 e. The Bertz CT molecular complexity index is 641. The van der Waals surface area contributed by atoms with Crippen LogP contribution in [0.25, 0.3) is 0 Å². The molecule has 1 aromatic carbocycles. The highest BCUT2D eigenvalue weighted by Gasteiger charge is 2.35. The molecule has 0 amide bonds. The smallest absolute Gasteiger partial charge is 0.316 e. The zero-order valence-electron chi connectivity index (χ0n) is 12.3. The Morgan fingerprint density at radius 3 is 2.65 bits per heavy atom. The summed E-state index contributed by atoms with van der Waals surface area (Å²) in [5.41, 5.74) is -1.59. The minimum absolute atomic E-state index is 0.132. The van der Waals surface area contributed by atoms with Crippen LogP contribution in [0.1, 0.15) is 24.8 Å². The van der Waals surface area contributed by atoms with Crippen LogP contribution in [0.2, 0.25) is 0 Å². The second kappa shape index (κ2) is 7.14. The Hall–Kier alpha value is -1.19. The summed E-state index contributed by atoms with van der Waals surface area (Å²) >= 11 is 0. The van der Waals surface area contributed by atoms with E-state index in [9.17, 15) is 26.0 Å². The third kappa shape index (κ3) is 4.89. The number of hydrogen-bond donors (Lipinski definition) is 2. The van der Waals surface area contributed by atoms with Gasteiger partial charge in [0.2, 0.25) is 10.0 Å². The molecule has 2 N–H and O–H groups in total. The summed E-state index contributed by atoms with van der Waals surface area (Å²) in [6.45, 7) is 1.88. The van der Waals surface area contributed by atoms with Gasteiger partial charge in [0.15, 0.2) is 0 Å². The topological polar surface area (TPSA) is 58.2 Å². The lowest BCUT2D eigenvalue weighted by Crippen LogP contribution is -2.33. The van der Waals surface area contributed by atoms with E-state index in [1.54, 1.807) is 0 Å². The van der Waals surface area contributed by atoms with Crippen molar-refractivity contribution in [2.75, 3.05) is 19.6 Å². The van der Waals surface area contributed by atoms with E-state index < -0.39 is 32.5 Å². The molecule has 1 aromatic rings. The Kier molecular flexibility index (Phi) is 5.64. The van der Waals surface area contributed by atoms with Crippen LogP contribution in [-0.4, -0.2) is 28.1 Å². The molecule has 1 saturated heterocycles. The lowest BCUT2D eigenvalue weighted by Gasteiger charge is -2.22. The number of halogens is 4. The van der Waals surface area contributed by atoms with Gasteiger partial charge in [-0.25, -0.2) is 17.5 Å². The average Bonchev–Trinajstić information content (AvgIpc) is 2.47. The Morgan fingerprint density at radius 2 is 2.04 bits per heavy atom. The van der Waals surface area contributed by atoms with Crippen LogP contribution in [-0.2, 0) is 16.2 Å². The van der Waals surface area contributed by atoms with Gasteiger partial charge < -0.3 is 5.32 Å². The van der Waals surface area contributed by atoms with Crippen LogP contribution >= 0.6 is 0 Å². The summed E-state index contributed by atoms with van der Waals surface area (Å²) in [7, 11) is -4.10. The second-order valence-corrected chi connectivity index (χ2v) is 7.31. The van der Waals surface area contributed by atoms with E-state index in [1.807, 2.05) is 0 Å². The van der Waals surface area contributed by atoms with Crippen LogP contribution < -0.4 is 10.0 Å². The molecule has 1 atom stereocenters. The second-order valence-electron chi connectivity index (χ2n) is 5.54. The zero-order valence-corrected chi connectivity index (χ0v) is 13.1. The van der Waals surface area contributed by atoms with Crippen molar-refractivity contribution >= 4 is 10.0 Å². The maximum Gasteiger partial charge on any atom is 0.419 e. The number of hydrogen-bond acceptors (Lipinski definition) is 3. The van der Waals surface area contributed by atoms with E-state index >= 15 is 0 Å². The molecule has 1 unspecified atom stereocenters. The highest BCUT2D eigenvalue weighted by atomic mass is 32.2. The lowest BCUT2D eigenvalue weighted by molar-refractivity contribution is -0.140. The van der Waals surface area contributed by atoms with Crippen molar-refractivity contribution in [3.63, 3.8) is 0 Å². The number of nitrogens with one attached hydrogen (secondary N) is 2. The third-order valence-electron chi connectivity index (χ3n) is 3.80. The fourth-order valence-electron chi connectivity index (χ4n) is 2.54. The molecule has 0 radical (unpaired) electrons. The predicted molar refractivity (Wildman–Crippen MR) is 76.8 cm³/mol. The van der Waals surface area contributed by atoms with E-state index in [2.05, 4.69) is 10.0 Å². The van der Waals surface area contributed by atoms with Gasteiger partial charge in [-0.3, -0.25) is 0 Å². The SMILES string of the molecule is O=S(=O)(NCCC1CCCNC1)c1ccc(F)c(C(F)(F)F)c1. The Morgan fingerprint density at radius 1 is 1.30 bits per heavy atom. The van der Waals surface area contributed by atoms with Crippen molar-refractivity contribution in [1.29, 1.82) is 0 Å². The van der Waals surface area contributed by atoms with Crippen molar-refractivity contribution in [2.24, 2.45) is 5.92 Å². The van der Waals surface area contributed by atoms with Gasteiger partial charge in [-0.1, -0.05) is 0 Å². The summed E-state index contributed by atoms with van der Waals surface area (Å²) in [4.78, 5) is -0.590. The molecule has 1 heterocycles. The van der Waals surface area contributed by atoms with Crippen molar-refractivity contribution in [2.45, 2.75) is 30.3 Å². The monoisotopic (exact) mass is 354 g/mol. The average molecular weight is 354 g/mol. The number of rotatable bonds is 5. The van der Waals surface area contributed by atoms with Crippen molar-refractivity contribution in [3.8, 4) is 0 Å². The van der Waals surface area contributed by atoms with Crippen LogP contribution in [0.5, 0.6) is 0 Å². The first-order valence-electron chi connectivity index (χ1n) is 7.27. The van der Waals surface area contributed by atoms with Crippen LogP contribution in [0.15, 0.2) is 23.1 Å². The van der Waals surface area contributed by atoms with E-state index in [4.69, 9.17) is 0 Å². The highest BCUT2D eigenvalue weighted by molar-refractivity contribution is 7.89. The van der Waals surface area contributed by atoms with Gasteiger partial charge in [0.05, 0.1) is 10.5 Å². The quantitative estimate of drug-likeness (QED) is 0.799. The van der Waals surface area contributed by atoms with E-state index in [0.717, 1.165) is 32.0 Å². The van der Waals surface area contributed by atoms with E-state index in [1.165, 1.54) is 0 Å². The molecule has 2 rings (SSSR count). The van der Waals surface area contributed by atoms with Gasteiger partial charge in [-0.15, -0.1) is 0 Å². The standard InChI is InChI=1S/C14H18F4N2O2S/c15-13-4-3-11(8-12(13)14(16,17)18)23(21,22)20-7-5-10-2-1-6-19-9-10/h3-4,8,10,19-20H,1-2,5-7,9H2. The number of alkyl halides is 3. The molecule has 1 fully saturated rings. The summed E-state index contributed by atoms with van der Waals surface area (Å²) in [5.74, 6) is -1.16. The fourth-order valence-corrected chi connectivity index (χ4v) is 3.61. The van der Waals surface area contributed by atoms with Crippen LogP contribution in [0.4, 0.5) is 17.6 Å². The van der Waals surface area contributed by atoms with Crippen molar-refractivity contribution in [3.05, 3.63) is 29.6 Å². The first kappa shape index (κ1) is 18.2. The van der Waals surface area contributed by atoms with Crippen molar-refractivity contribution in [1.82, 2.24) is 10.0 Å². The fraction of sp³-hybridized carbons (Fsp3) is 0.571. The Balaban J connectivity index is 2.04. The lowest BCUT2D eigenvalue weighted by atomic mass is 9.96. The van der Waals surface area contributed by atoms with Gasteiger partial charge >= 0.3 is 6.18 Å². The van der Waals surface area contributed by atoms with Gasteiger partial charge in [0.1, 0.15) is 5.82 Å². The maximum absolute atomic E-state index is 13.2.